The van der Waals surface area contributed by atoms with Gasteiger partial charge in [0, 0.05) is 12.6 Å². The molecular formula is C13H20N2O. The molecule has 88 valence electrons. The zero-order chi connectivity index (χ0) is 11.4. The molecule has 0 aliphatic carbocycles. The molecule has 0 aromatic heterocycles. The minimum Gasteiger partial charge on any atom is -0.497 e. The Balaban J connectivity index is 1.88. The standard InChI is InChI=1S/C13H20N2O/c1-16-13-4-2-11(3-5-13)10-15-8-6-12(14)7-9-15/h2-5,12H,6-10,14H2,1H3. The Morgan fingerprint density at radius 3 is 2.44 bits per heavy atom. The van der Waals surface area contributed by atoms with Gasteiger partial charge in [-0.25, -0.2) is 0 Å². The van der Waals surface area contributed by atoms with E-state index in [2.05, 4.69) is 17.0 Å². The third-order valence-electron chi connectivity index (χ3n) is 3.20. The fourth-order valence-corrected chi connectivity index (χ4v) is 2.10. The van der Waals surface area contributed by atoms with Crippen molar-refractivity contribution in [3.8, 4) is 5.75 Å². The van der Waals surface area contributed by atoms with E-state index >= 15 is 0 Å². The lowest BCUT2D eigenvalue weighted by atomic mass is 10.1. The first-order chi connectivity index (χ1) is 7.78. The maximum Gasteiger partial charge on any atom is 0.118 e. The van der Waals surface area contributed by atoms with Gasteiger partial charge in [0.2, 0.25) is 0 Å². The van der Waals surface area contributed by atoms with Crippen LogP contribution in [0.15, 0.2) is 24.3 Å². The van der Waals surface area contributed by atoms with Gasteiger partial charge in [-0.05, 0) is 43.6 Å². The van der Waals surface area contributed by atoms with Crippen molar-refractivity contribution in [3.63, 3.8) is 0 Å². The number of benzene rings is 1. The summed E-state index contributed by atoms with van der Waals surface area (Å²) in [5.41, 5.74) is 7.23. The molecule has 16 heavy (non-hydrogen) atoms. The molecule has 0 atom stereocenters. The molecule has 1 aliphatic rings. The maximum absolute atomic E-state index is 5.89. The Kier molecular flexibility index (Phi) is 3.80. The highest BCUT2D eigenvalue weighted by molar-refractivity contribution is 5.27. The molecule has 1 heterocycles. The number of likely N-dealkylation sites (tertiary alicyclic amines) is 1. The van der Waals surface area contributed by atoms with Gasteiger partial charge in [0.05, 0.1) is 7.11 Å². The Morgan fingerprint density at radius 2 is 1.88 bits per heavy atom. The van der Waals surface area contributed by atoms with Crippen LogP contribution in [0.5, 0.6) is 5.75 Å². The number of nitrogens with two attached hydrogens (primary N) is 1. The summed E-state index contributed by atoms with van der Waals surface area (Å²) in [6.45, 7) is 3.26. The smallest absolute Gasteiger partial charge is 0.118 e. The third-order valence-corrected chi connectivity index (χ3v) is 3.20. The van der Waals surface area contributed by atoms with Crippen molar-refractivity contribution in [3.05, 3.63) is 29.8 Å². The minimum absolute atomic E-state index is 0.409. The Morgan fingerprint density at radius 1 is 1.25 bits per heavy atom. The Bertz CT molecular complexity index is 315. The average molecular weight is 220 g/mol. The second kappa shape index (κ2) is 5.32. The van der Waals surface area contributed by atoms with Crippen LogP contribution in [-0.2, 0) is 6.54 Å². The van der Waals surface area contributed by atoms with Crippen molar-refractivity contribution in [2.24, 2.45) is 5.73 Å². The molecule has 0 saturated carbocycles. The van der Waals surface area contributed by atoms with Gasteiger partial charge in [-0.1, -0.05) is 12.1 Å². The molecule has 2 rings (SSSR count). The van der Waals surface area contributed by atoms with Crippen LogP contribution in [0.3, 0.4) is 0 Å². The van der Waals surface area contributed by atoms with Gasteiger partial charge in [-0.2, -0.15) is 0 Å². The van der Waals surface area contributed by atoms with E-state index in [9.17, 15) is 0 Å². The summed E-state index contributed by atoms with van der Waals surface area (Å²) in [5.74, 6) is 0.921. The van der Waals surface area contributed by atoms with E-state index in [1.807, 2.05) is 12.1 Å². The number of hydrogen-bond acceptors (Lipinski definition) is 3. The average Bonchev–Trinajstić information content (AvgIpc) is 2.33. The predicted octanol–water partition coefficient (Wildman–Crippen LogP) is 1.62. The van der Waals surface area contributed by atoms with E-state index in [0.717, 1.165) is 38.2 Å². The summed E-state index contributed by atoms with van der Waals surface area (Å²) in [5, 5.41) is 0. The largest absolute Gasteiger partial charge is 0.497 e. The number of nitrogens with zero attached hydrogens (tertiary/aromatic N) is 1. The zero-order valence-corrected chi connectivity index (χ0v) is 9.86. The van der Waals surface area contributed by atoms with Gasteiger partial charge >= 0.3 is 0 Å². The van der Waals surface area contributed by atoms with E-state index in [-0.39, 0.29) is 0 Å². The van der Waals surface area contributed by atoms with Crippen molar-refractivity contribution in [1.29, 1.82) is 0 Å². The number of hydrogen-bond donors (Lipinski definition) is 1. The van der Waals surface area contributed by atoms with Gasteiger partial charge in [0.1, 0.15) is 5.75 Å². The van der Waals surface area contributed by atoms with Crippen molar-refractivity contribution < 1.29 is 4.74 Å². The van der Waals surface area contributed by atoms with E-state index < -0.39 is 0 Å². The van der Waals surface area contributed by atoms with Crippen LogP contribution in [-0.4, -0.2) is 31.1 Å². The van der Waals surface area contributed by atoms with Crippen molar-refractivity contribution >= 4 is 0 Å². The quantitative estimate of drug-likeness (QED) is 0.841. The summed E-state index contributed by atoms with van der Waals surface area (Å²) in [4.78, 5) is 2.46. The van der Waals surface area contributed by atoms with E-state index in [0.29, 0.717) is 6.04 Å². The summed E-state index contributed by atoms with van der Waals surface area (Å²) >= 11 is 0. The molecule has 0 spiro atoms. The zero-order valence-electron chi connectivity index (χ0n) is 9.86. The molecule has 0 unspecified atom stereocenters. The fraction of sp³-hybridized carbons (Fsp3) is 0.538. The molecule has 3 nitrogen and oxygen atoms in total. The highest BCUT2D eigenvalue weighted by Gasteiger charge is 2.15. The van der Waals surface area contributed by atoms with Gasteiger partial charge in [-0.15, -0.1) is 0 Å². The number of methoxy groups -OCH3 is 1. The molecule has 3 heteroatoms. The normalized spacial score (nSPS) is 18.6. The molecule has 1 aliphatic heterocycles. The van der Waals surface area contributed by atoms with Crippen LogP contribution < -0.4 is 10.5 Å². The lowest BCUT2D eigenvalue weighted by molar-refractivity contribution is 0.205. The van der Waals surface area contributed by atoms with E-state index in [1.165, 1.54) is 5.56 Å². The summed E-state index contributed by atoms with van der Waals surface area (Å²) in [7, 11) is 1.70. The Hall–Kier alpha value is -1.06. The first-order valence-electron chi connectivity index (χ1n) is 5.89. The number of ether oxygens (including phenoxy) is 1. The number of rotatable bonds is 3. The van der Waals surface area contributed by atoms with Crippen LogP contribution in [0.1, 0.15) is 18.4 Å². The molecule has 0 amide bonds. The van der Waals surface area contributed by atoms with Crippen LogP contribution in [0.4, 0.5) is 0 Å². The Labute approximate surface area is 97.2 Å². The lowest BCUT2D eigenvalue weighted by Gasteiger charge is -2.30. The summed E-state index contributed by atoms with van der Waals surface area (Å²) in [6.07, 6.45) is 2.24. The van der Waals surface area contributed by atoms with E-state index in [1.54, 1.807) is 7.11 Å². The highest BCUT2D eigenvalue weighted by atomic mass is 16.5. The van der Waals surface area contributed by atoms with Crippen LogP contribution in [0, 0.1) is 0 Å². The fourth-order valence-electron chi connectivity index (χ4n) is 2.10. The first kappa shape index (κ1) is 11.4. The van der Waals surface area contributed by atoms with E-state index in [4.69, 9.17) is 10.5 Å². The van der Waals surface area contributed by atoms with Gasteiger partial charge in [0.25, 0.3) is 0 Å². The van der Waals surface area contributed by atoms with Crippen LogP contribution in [0.25, 0.3) is 0 Å². The second-order valence-corrected chi connectivity index (χ2v) is 4.46. The molecule has 0 radical (unpaired) electrons. The van der Waals surface area contributed by atoms with Crippen LogP contribution in [0.2, 0.25) is 0 Å². The SMILES string of the molecule is COc1ccc(CN2CCC(N)CC2)cc1. The second-order valence-electron chi connectivity index (χ2n) is 4.46. The van der Waals surface area contributed by atoms with Crippen molar-refractivity contribution in [2.45, 2.75) is 25.4 Å². The molecule has 1 aromatic rings. The van der Waals surface area contributed by atoms with Gasteiger partial charge in [0.15, 0.2) is 0 Å². The summed E-state index contributed by atoms with van der Waals surface area (Å²) < 4.78 is 5.14. The highest BCUT2D eigenvalue weighted by Crippen LogP contribution is 2.15. The van der Waals surface area contributed by atoms with Crippen molar-refractivity contribution in [2.75, 3.05) is 20.2 Å². The molecular weight excluding hydrogens is 200 g/mol. The molecule has 1 fully saturated rings. The van der Waals surface area contributed by atoms with Gasteiger partial charge in [-0.3, -0.25) is 4.90 Å². The first-order valence-corrected chi connectivity index (χ1v) is 5.89. The predicted molar refractivity (Wildman–Crippen MR) is 65.5 cm³/mol. The van der Waals surface area contributed by atoms with Crippen LogP contribution >= 0.6 is 0 Å². The number of piperidine rings is 1. The maximum atomic E-state index is 5.89. The molecule has 0 bridgehead atoms. The monoisotopic (exact) mass is 220 g/mol. The van der Waals surface area contributed by atoms with Crippen molar-refractivity contribution in [1.82, 2.24) is 4.90 Å². The third kappa shape index (κ3) is 2.97. The topological polar surface area (TPSA) is 38.5 Å². The lowest BCUT2D eigenvalue weighted by Crippen LogP contribution is -2.39. The molecule has 2 N–H and O–H groups in total. The minimum atomic E-state index is 0.409. The molecule has 1 aromatic carbocycles. The van der Waals surface area contributed by atoms with Gasteiger partial charge < -0.3 is 10.5 Å². The molecule has 1 saturated heterocycles. The summed E-state index contributed by atoms with van der Waals surface area (Å²) in [6, 6.07) is 8.71.